The van der Waals surface area contributed by atoms with Crippen molar-refractivity contribution in [3.63, 3.8) is 0 Å². The highest BCUT2D eigenvalue weighted by Crippen LogP contribution is 2.26. The second-order valence-corrected chi connectivity index (χ2v) is 6.56. The van der Waals surface area contributed by atoms with Gasteiger partial charge in [0.2, 0.25) is 0 Å². The summed E-state index contributed by atoms with van der Waals surface area (Å²) in [6.45, 7) is -0.160. The van der Waals surface area contributed by atoms with Gasteiger partial charge in [0.05, 0.1) is 5.71 Å². The van der Waals surface area contributed by atoms with E-state index in [0.29, 0.717) is 17.0 Å². The van der Waals surface area contributed by atoms with Gasteiger partial charge >= 0.3 is 0 Å². The molecule has 1 amide bonds. The molecule has 1 aliphatic carbocycles. The molecular formula is C20H19N3O3. The van der Waals surface area contributed by atoms with Crippen LogP contribution in [0.1, 0.15) is 23.1 Å². The Morgan fingerprint density at radius 3 is 2.77 bits per heavy atom. The van der Waals surface area contributed by atoms with Crippen molar-refractivity contribution in [2.45, 2.75) is 19.3 Å². The summed E-state index contributed by atoms with van der Waals surface area (Å²) in [5.74, 6) is -0.896. The summed E-state index contributed by atoms with van der Waals surface area (Å²) in [4.78, 5) is 29.1. The van der Waals surface area contributed by atoms with Crippen LogP contribution in [0.15, 0.2) is 47.8 Å². The fourth-order valence-corrected chi connectivity index (χ4v) is 3.49. The third-order valence-corrected chi connectivity index (χ3v) is 4.85. The number of carbonyl (C=O) groups excluding carboxylic acids is 2. The molecule has 0 bridgehead atoms. The van der Waals surface area contributed by atoms with Crippen molar-refractivity contribution in [1.29, 1.82) is 0 Å². The van der Waals surface area contributed by atoms with E-state index < -0.39 is 5.92 Å². The molecule has 1 aromatic carbocycles. The van der Waals surface area contributed by atoms with Gasteiger partial charge < -0.3 is 4.74 Å². The van der Waals surface area contributed by atoms with Gasteiger partial charge in [0.25, 0.3) is 5.91 Å². The van der Waals surface area contributed by atoms with Gasteiger partial charge in [-0.3, -0.25) is 14.6 Å². The molecule has 6 heteroatoms. The number of hydrazone groups is 1. The maximum atomic E-state index is 12.7. The Bertz CT molecular complexity index is 892. The van der Waals surface area contributed by atoms with Crippen LogP contribution in [0.25, 0.3) is 0 Å². The van der Waals surface area contributed by atoms with E-state index >= 15 is 0 Å². The summed E-state index contributed by atoms with van der Waals surface area (Å²) < 4.78 is 5.69. The van der Waals surface area contributed by atoms with Crippen molar-refractivity contribution in [3.05, 3.63) is 59.4 Å². The molecule has 26 heavy (non-hydrogen) atoms. The lowest BCUT2D eigenvalue weighted by atomic mass is 9.94. The normalized spacial score (nSPS) is 18.7. The van der Waals surface area contributed by atoms with Gasteiger partial charge in [-0.2, -0.15) is 5.10 Å². The quantitative estimate of drug-likeness (QED) is 0.774. The number of benzene rings is 1. The first-order valence-electron chi connectivity index (χ1n) is 8.67. The van der Waals surface area contributed by atoms with Crippen LogP contribution in [0.3, 0.4) is 0 Å². The highest BCUT2D eigenvalue weighted by molar-refractivity contribution is 6.28. The number of nitrogens with zero attached hydrogens (tertiary/aromatic N) is 3. The average Bonchev–Trinajstić information content (AvgIpc) is 3.25. The highest BCUT2D eigenvalue weighted by atomic mass is 16.5. The van der Waals surface area contributed by atoms with E-state index in [9.17, 15) is 9.59 Å². The minimum absolute atomic E-state index is 0.160. The van der Waals surface area contributed by atoms with E-state index in [2.05, 4.69) is 16.2 Å². The number of pyridine rings is 1. The Labute approximate surface area is 151 Å². The Morgan fingerprint density at radius 2 is 1.96 bits per heavy atom. The molecule has 1 atom stereocenters. The van der Waals surface area contributed by atoms with Gasteiger partial charge in [-0.25, -0.2) is 5.01 Å². The molecular weight excluding hydrogens is 330 g/mol. The van der Waals surface area contributed by atoms with Crippen LogP contribution in [0.5, 0.6) is 5.75 Å². The first kappa shape index (κ1) is 16.4. The van der Waals surface area contributed by atoms with Gasteiger partial charge in [0.1, 0.15) is 18.3 Å². The van der Waals surface area contributed by atoms with Gasteiger partial charge in [-0.05, 0) is 54.7 Å². The summed E-state index contributed by atoms with van der Waals surface area (Å²) >= 11 is 0. The molecule has 4 rings (SSSR count). The Kier molecular flexibility index (Phi) is 4.24. The zero-order valence-electron chi connectivity index (χ0n) is 14.5. The van der Waals surface area contributed by atoms with E-state index in [0.717, 1.165) is 19.3 Å². The molecule has 1 aliphatic heterocycles. The minimum atomic E-state index is -0.933. The number of carbonyl (C=O) groups is 2. The van der Waals surface area contributed by atoms with E-state index in [1.807, 2.05) is 12.1 Å². The number of aromatic nitrogens is 1. The van der Waals surface area contributed by atoms with Gasteiger partial charge in [-0.1, -0.05) is 6.07 Å². The molecule has 132 valence electrons. The molecule has 1 unspecified atom stereocenters. The SMILES string of the molecule is CN1N=C(c2ccncc2)C(C(=O)COc2ccc3c(c2)CCC3)C1=O. The number of rotatable bonds is 5. The van der Waals surface area contributed by atoms with Crippen molar-refractivity contribution in [2.75, 3.05) is 13.7 Å². The fourth-order valence-electron chi connectivity index (χ4n) is 3.49. The van der Waals surface area contributed by atoms with Crippen molar-refractivity contribution >= 4 is 17.4 Å². The van der Waals surface area contributed by atoms with Crippen molar-refractivity contribution in [1.82, 2.24) is 9.99 Å². The van der Waals surface area contributed by atoms with E-state index in [4.69, 9.17) is 4.74 Å². The largest absolute Gasteiger partial charge is 0.486 e. The molecule has 2 heterocycles. The number of ether oxygens (including phenoxy) is 1. The van der Waals surface area contributed by atoms with E-state index in [-0.39, 0.29) is 18.3 Å². The first-order valence-corrected chi connectivity index (χ1v) is 8.67. The summed E-state index contributed by atoms with van der Waals surface area (Å²) in [7, 11) is 1.55. The van der Waals surface area contributed by atoms with Crippen molar-refractivity contribution in [2.24, 2.45) is 11.0 Å². The molecule has 2 aromatic rings. The number of amides is 1. The van der Waals surface area contributed by atoms with Crippen LogP contribution in [-0.4, -0.2) is 41.0 Å². The predicted octanol–water partition coefficient (Wildman–Crippen LogP) is 2.01. The molecule has 0 saturated heterocycles. The number of fused-ring (bicyclic) bond motifs is 1. The second kappa shape index (κ2) is 6.71. The second-order valence-electron chi connectivity index (χ2n) is 6.56. The summed E-state index contributed by atoms with van der Waals surface area (Å²) in [6.07, 6.45) is 6.54. The topological polar surface area (TPSA) is 71.9 Å². The first-order chi connectivity index (χ1) is 12.6. The number of aryl methyl sites for hydroxylation is 2. The standard InChI is InChI=1S/C20H19N3O3/c1-23-20(25)18(19(22-23)14-7-9-21-10-8-14)17(24)12-26-16-6-5-13-3-2-4-15(13)11-16/h5-11,18H,2-4,12H2,1H3. The van der Waals surface area contributed by atoms with Crippen LogP contribution < -0.4 is 4.74 Å². The maximum Gasteiger partial charge on any atom is 0.259 e. The van der Waals surface area contributed by atoms with Crippen molar-refractivity contribution < 1.29 is 14.3 Å². The molecule has 0 radical (unpaired) electrons. The lowest BCUT2D eigenvalue weighted by molar-refractivity contribution is -0.136. The molecule has 0 spiro atoms. The molecule has 0 saturated carbocycles. The number of hydrogen-bond acceptors (Lipinski definition) is 5. The monoisotopic (exact) mass is 349 g/mol. The number of hydrogen-bond donors (Lipinski definition) is 0. The Hall–Kier alpha value is -3.02. The van der Waals surface area contributed by atoms with Crippen molar-refractivity contribution in [3.8, 4) is 5.75 Å². The zero-order valence-corrected chi connectivity index (χ0v) is 14.5. The number of Topliss-reactive ketones (excluding diaryl/α,β-unsaturated/α-hetero) is 1. The van der Waals surface area contributed by atoms with E-state index in [1.165, 1.54) is 16.1 Å². The van der Waals surface area contributed by atoms with Crippen LogP contribution in [-0.2, 0) is 22.4 Å². The maximum absolute atomic E-state index is 12.7. The third-order valence-electron chi connectivity index (χ3n) is 4.85. The van der Waals surface area contributed by atoms with Crippen LogP contribution >= 0.6 is 0 Å². The Balaban J connectivity index is 1.49. The zero-order chi connectivity index (χ0) is 18.1. The molecule has 0 N–H and O–H groups in total. The third kappa shape index (κ3) is 2.98. The lowest BCUT2D eigenvalue weighted by Crippen LogP contribution is -2.35. The van der Waals surface area contributed by atoms with Gasteiger partial charge in [-0.15, -0.1) is 0 Å². The molecule has 6 nitrogen and oxygen atoms in total. The lowest BCUT2D eigenvalue weighted by Gasteiger charge is -2.12. The summed E-state index contributed by atoms with van der Waals surface area (Å²) in [5.41, 5.74) is 3.80. The smallest absolute Gasteiger partial charge is 0.259 e. The van der Waals surface area contributed by atoms with E-state index in [1.54, 1.807) is 31.6 Å². The van der Waals surface area contributed by atoms with Gasteiger partial charge in [0, 0.05) is 25.0 Å². The minimum Gasteiger partial charge on any atom is -0.486 e. The predicted molar refractivity (Wildman–Crippen MR) is 96.0 cm³/mol. The highest BCUT2D eigenvalue weighted by Gasteiger charge is 2.40. The average molecular weight is 349 g/mol. The molecule has 2 aliphatic rings. The summed E-state index contributed by atoms with van der Waals surface area (Å²) in [5, 5.41) is 5.46. The summed E-state index contributed by atoms with van der Waals surface area (Å²) in [6, 6.07) is 9.42. The number of ketones is 1. The van der Waals surface area contributed by atoms with Gasteiger partial charge in [0.15, 0.2) is 5.78 Å². The van der Waals surface area contributed by atoms with Crippen LogP contribution in [0.2, 0.25) is 0 Å². The molecule has 0 fully saturated rings. The van der Waals surface area contributed by atoms with Crippen LogP contribution in [0.4, 0.5) is 0 Å². The van der Waals surface area contributed by atoms with Crippen LogP contribution in [0, 0.1) is 5.92 Å². The fraction of sp³-hybridized carbons (Fsp3) is 0.300. The Morgan fingerprint density at radius 1 is 1.19 bits per heavy atom. The molecule has 1 aromatic heterocycles.